The monoisotopic (exact) mass is 343 g/mol. The Morgan fingerprint density at radius 2 is 1.83 bits per heavy atom. The van der Waals surface area contributed by atoms with Crippen LogP contribution in [0.4, 0.5) is 0 Å². The van der Waals surface area contributed by atoms with Gasteiger partial charge in [-0.2, -0.15) is 13.5 Å². The fraction of sp³-hybridized carbons (Fsp3) is 0.118. The van der Waals surface area contributed by atoms with Gasteiger partial charge in [-0.05, 0) is 37.3 Å². The van der Waals surface area contributed by atoms with Crippen molar-refractivity contribution in [2.75, 3.05) is 7.11 Å². The van der Waals surface area contributed by atoms with Crippen LogP contribution in [0.1, 0.15) is 11.3 Å². The highest BCUT2D eigenvalue weighted by Crippen LogP contribution is 2.20. The molecule has 2 N–H and O–H groups in total. The van der Waals surface area contributed by atoms with Crippen LogP contribution in [0.2, 0.25) is 0 Å². The predicted octanol–water partition coefficient (Wildman–Crippen LogP) is 2.80. The van der Waals surface area contributed by atoms with Crippen LogP contribution in [0.3, 0.4) is 0 Å². The highest BCUT2D eigenvalue weighted by atomic mass is 32.2. The van der Waals surface area contributed by atoms with Gasteiger partial charge in [-0.25, -0.2) is 4.83 Å². The normalized spacial score (nSPS) is 11.9. The Morgan fingerprint density at radius 1 is 1.12 bits per heavy atom. The first kappa shape index (κ1) is 16.1. The van der Waals surface area contributed by atoms with Gasteiger partial charge in [0.1, 0.15) is 5.75 Å². The molecule has 2 aromatic carbocycles. The van der Waals surface area contributed by atoms with Gasteiger partial charge < -0.3 is 9.72 Å². The molecule has 0 bridgehead atoms. The smallest absolute Gasteiger partial charge is 0.276 e. The lowest BCUT2D eigenvalue weighted by Gasteiger charge is -2.04. The summed E-state index contributed by atoms with van der Waals surface area (Å²) in [6.07, 6.45) is 1.51. The molecule has 3 aromatic rings. The van der Waals surface area contributed by atoms with Gasteiger partial charge in [-0.3, -0.25) is 0 Å². The number of aryl methyl sites for hydroxylation is 1. The Kier molecular flexibility index (Phi) is 4.26. The van der Waals surface area contributed by atoms with Crippen molar-refractivity contribution >= 4 is 27.1 Å². The van der Waals surface area contributed by atoms with Crippen molar-refractivity contribution in [3.63, 3.8) is 0 Å². The van der Waals surface area contributed by atoms with Gasteiger partial charge >= 0.3 is 0 Å². The predicted molar refractivity (Wildman–Crippen MR) is 93.9 cm³/mol. The number of hydrogen-bond donors (Lipinski definition) is 2. The van der Waals surface area contributed by atoms with Crippen molar-refractivity contribution in [1.82, 2.24) is 9.82 Å². The number of rotatable bonds is 5. The molecule has 1 aromatic heterocycles. The molecule has 7 heteroatoms. The quantitative estimate of drug-likeness (QED) is 0.552. The van der Waals surface area contributed by atoms with Gasteiger partial charge in [-0.15, -0.1) is 0 Å². The highest BCUT2D eigenvalue weighted by Gasteiger charge is 2.13. The number of fused-ring (bicyclic) bond motifs is 1. The molecular formula is C17H17N3O3S. The van der Waals surface area contributed by atoms with Gasteiger partial charge in [0.05, 0.1) is 18.2 Å². The van der Waals surface area contributed by atoms with E-state index < -0.39 is 10.0 Å². The largest absolute Gasteiger partial charge is 0.497 e. The maximum atomic E-state index is 12.2. The van der Waals surface area contributed by atoms with Crippen molar-refractivity contribution in [3.8, 4) is 5.75 Å². The number of methoxy groups -OCH3 is 1. The molecule has 0 aliphatic carbocycles. The van der Waals surface area contributed by atoms with E-state index in [4.69, 9.17) is 4.74 Å². The minimum absolute atomic E-state index is 0.121. The van der Waals surface area contributed by atoms with E-state index in [0.29, 0.717) is 5.75 Å². The minimum Gasteiger partial charge on any atom is -0.497 e. The number of ether oxygens (including phenoxy) is 1. The maximum Gasteiger partial charge on any atom is 0.276 e. The number of aromatic amines is 1. The van der Waals surface area contributed by atoms with Gasteiger partial charge in [0.2, 0.25) is 0 Å². The molecule has 0 saturated carbocycles. The van der Waals surface area contributed by atoms with Crippen molar-refractivity contribution < 1.29 is 13.2 Å². The standard InChI is InChI=1S/C17H17N3O3S/c1-12-16(15-5-3-4-6-17(15)19-12)11-18-20-24(21,22)14-9-7-13(23-2)8-10-14/h3-11,19-20H,1-2H3/b18-11-. The molecule has 0 aliphatic rings. The lowest BCUT2D eigenvalue weighted by Crippen LogP contribution is -2.18. The summed E-state index contributed by atoms with van der Waals surface area (Å²) in [5, 5.41) is 4.89. The van der Waals surface area contributed by atoms with Crippen LogP contribution in [-0.4, -0.2) is 26.7 Å². The summed E-state index contributed by atoms with van der Waals surface area (Å²) in [5.74, 6) is 0.590. The third kappa shape index (κ3) is 3.11. The summed E-state index contributed by atoms with van der Waals surface area (Å²) in [6.45, 7) is 1.92. The van der Waals surface area contributed by atoms with Crippen LogP contribution in [-0.2, 0) is 10.0 Å². The first-order chi connectivity index (χ1) is 11.5. The first-order valence-corrected chi connectivity index (χ1v) is 8.76. The second kappa shape index (κ2) is 6.37. The van der Waals surface area contributed by atoms with Gasteiger partial charge in [-0.1, -0.05) is 18.2 Å². The number of sulfonamides is 1. The number of para-hydroxylation sites is 1. The number of H-pyrrole nitrogens is 1. The molecule has 0 unspecified atom stereocenters. The number of nitrogens with one attached hydrogen (secondary N) is 2. The summed E-state index contributed by atoms with van der Waals surface area (Å²) in [7, 11) is -2.19. The zero-order valence-electron chi connectivity index (χ0n) is 13.3. The summed E-state index contributed by atoms with van der Waals surface area (Å²) in [5.41, 5.74) is 2.75. The molecule has 0 radical (unpaired) electrons. The zero-order valence-corrected chi connectivity index (χ0v) is 14.1. The van der Waals surface area contributed by atoms with E-state index in [1.165, 1.54) is 25.5 Å². The van der Waals surface area contributed by atoms with Gasteiger partial charge in [0, 0.05) is 22.2 Å². The number of hydrazone groups is 1. The number of aromatic nitrogens is 1. The molecule has 6 nitrogen and oxygen atoms in total. The minimum atomic E-state index is -3.72. The second-order valence-corrected chi connectivity index (χ2v) is 6.90. The highest BCUT2D eigenvalue weighted by molar-refractivity contribution is 7.89. The van der Waals surface area contributed by atoms with E-state index in [9.17, 15) is 8.42 Å². The Balaban J connectivity index is 1.82. The molecule has 24 heavy (non-hydrogen) atoms. The summed E-state index contributed by atoms with van der Waals surface area (Å²) in [6, 6.07) is 13.9. The Hall–Kier alpha value is -2.80. The van der Waals surface area contributed by atoms with Crippen LogP contribution in [0.25, 0.3) is 10.9 Å². The van der Waals surface area contributed by atoms with E-state index in [1.807, 2.05) is 31.2 Å². The van der Waals surface area contributed by atoms with Crippen molar-refractivity contribution in [1.29, 1.82) is 0 Å². The zero-order chi connectivity index (χ0) is 17.2. The lowest BCUT2D eigenvalue weighted by atomic mass is 10.1. The third-order valence-corrected chi connectivity index (χ3v) is 4.92. The number of benzene rings is 2. The average molecular weight is 343 g/mol. The number of nitrogens with zero attached hydrogens (tertiary/aromatic N) is 1. The molecule has 1 heterocycles. The molecule has 0 spiro atoms. The van der Waals surface area contributed by atoms with E-state index in [-0.39, 0.29) is 4.90 Å². The number of hydrogen-bond acceptors (Lipinski definition) is 4. The van der Waals surface area contributed by atoms with Crippen LogP contribution in [0.5, 0.6) is 5.75 Å². The summed E-state index contributed by atoms with van der Waals surface area (Å²) in [4.78, 5) is 5.59. The Morgan fingerprint density at radius 3 is 2.54 bits per heavy atom. The van der Waals surface area contributed by atoms with E-state index in [2.05, 4.69) is 14.9 Å². The fourth-order valence-electron chi connectivity index (χ4n) is 2.43. The van der Waals surface area contributed by atoms with Crippen LogP contribution in [0.15, 0.2) is 58.5 Å². The molecule has 0 aliphatic heterocycles. The van der Waals surface area contributed by atoms with Crippen LogP contribution in [0, 0.1) is 6.92 Å². The van der Waals surface area contributed by atoms with Crippen molar-refractivity contribution in [3.05, 3.63) is 59.8 Å². The van der Waals surface area contributed by atoms with Crippen LogP contribution >= 0.6 is 0 Å². The molecule has 0 amide bonds. The SMILES string of the molecule is COc1ccc(S(=O)(=O)N/N=C\c2c(C)[nH]c3ccccc23)cc1. The lowest BCUT2D eigenvalue weighted by molar-refractivity contribution is 0.414. The summed E-state index contributed by atoms with van der Waals surface area (Å²) < 4.78 is 29.5. The molecule has 3 rings (SSSR count). The van der Waals surface area contributed by atoms with Crippen molar-refractivity contribution in [2.45, 2.75) is 11.8 Å². The Labute approximate surface area is 140 Å². The van der Waals surface area contributed by atoms with Crippen LogP contribution < -0.4 is 9.57 Å². The average Bonchev–Trinajstić information content (AvgIpc) is 2.90. The molecule has 0 fully saturated rings. The van der Waals surface area contributed by atoms with Gasteiger partial charge in [0.15, 0.2) is 0 Å². The Bertz CT molecular complexity index is 990. The van der Waals surface area contributed by atoms with Crippen molar-refractivity contribution in [2.24, 2.45) is 5.10 Å². The topological polar surface area (TPSA) is 83.6 Å². The van der Waals surface area contributed by atoms with E-state index >= 15 is 0 Å². The molecule has 124 valence electrons. The fourth-order valence-corrected chi connectivity index (χ4v) is 3.22. The third-order valence-electron chi connectivity index (χ3n) is 3.68. The van der Waals surface area contributed by atoms with E-state index in [0.717, 1.165) is 22.2 Å². The molecule has 0 saturated heterocycles. The van der Waals surface area contributed by atoms with Gasteiger partial charge in [0.25, 0.3) is 10.0 Å². The molecule has 0 atom stereocenters. The molecular weight excluding hydrogens is 326 g/mol. The second-order valence-electron chi connectivity index (χ2n) is 5.24. The first-order valence-electron chi connectivity index (χ1n) is 7.27. The van der Waals surface area contributed by atoms with E-state index in [1.54, 1.807) is 12.1 Å². The maximum absolute atomic E-state index is 12.2. The summed E-state index contributed by atoms with van der Waals surface area (Å²) >= 11 is 0.